The molecule has 2 aliphatic carbocycles. The van der Waals surface area contributed by atoms with Gasteiger partial charge < -0.3 is 46.5 Å². The van der Waals surface area contributed by atoms with E-state index in [1.807, 2.05) is 13.8 Å². The maximum atomic E-state index is 14.4. The van der Waals surface area contributed by atoms with Gasteiger partial charge in [-0.3, -0.25) is 43.3 Å². The summed E-state index contributed by atoms with van der Waals surface area (Å²) in [6.45, 7) is 5.54. The van der Waals surface area contributed by atoms with Crippen molar-refractivity contribution in [3.05, 3.63) is 105 Å². The van der Waals surface area contributed by atoms with Crippen LogP contribution in [-0.4, -0.2) is 128 Å². The number of phenolic OH excluding ortho intramolecular Hbond substituents is 1. The van der Waals surface area contributed by atoms with Crippen LogP contribution in [0.4, 0.5) is 10.5 Å². The summed E-state index contributed by atoms with van der Waals surface area (Å²) < 4.78 is 11.8. The number of epoxide rings is 1. The van der Waals surface area contributed by atoms with Gasteiger partial charge >= 0.3 is 12.0 Å². The number of primary amides is 1. The molecule has 80 heavy (non-hydrogen) atoms. The summed E-state index contributed by atoms with van der Waals surface area (Å²) in [6, 6.07) is 10.1. The van der Waals surface area contributed by atoms with Crippen LogP contribution < -0.4 is 21.7 Å². The summed E-state index contributed by atoms with van der Waals surface area (Å²) in [4.78, 5) is 120. The summed E-state index contributed by atoms with van der Waals surface area (Å²) in [5.41, 5.74) is 3.78. The highest BCUT2D eigenvalue weighted by molar-refractivity contribution is 8.00. The highest BCUT2D eigenvalue weighted by atomic mass is 32.2. The number of urea groups is 1. The first-order valence-corrected chi connectivity index (χ1v) is 28.1. The van der Waals surface area contributed by atoms with E-state index >= 15 is 0 Å². The molecule has 5 aliphatic rings. The highest BCUT2D eigenvalue weighted by Gasteiger charge is 2.82. The van der Waals surface area contributed by atoms with Gasteiger partial charge in [-0.1, -0.05) is 80.3 Å². The van der Waals surface area contributed by atoms with Crippen LogP contribution >= 0.6 is 11.8 Å². The highest BCUT2D eigenvalue weighted by Crippen LogP contribution is 2.67. The number of nitrogens with zero attached hydrogens (tertiary/aromatic N) is 1. The number of hydrogen-bond donors (Lipinski definition) is 7. The number of imide groups is 1. The molecule has 3 aromatic carbocycles. The summed E-state index contributed by atoms with van der Waals surface area (Å²) in [5.74, 6) is 6.81. The number of phenols is 1. The Morgan fingerprint density at radius 3 is 2.29 bits per heavy atom. The Bertz CT molecular complexity index is 3190. The monoisotopic (exact) mass is 1110 g/mol. The minimum atomic E-state index is -1.70. The molecule has 0 spiro atoms. The molecular formula is C60H65N5O14S. The number of aromatic hydroxyl groups is 1. The average molecular weight is 1110 g/mol. The third kappa shape index (κ3) is 11.9. The number of aliphatic hydroxyl groups excluding tert-OH is 2. The van der Waals surface area contributed by atoms with Crippen LogP contribution in [0.5, 0.6) is 5.75 Å². The number of carbonyl (C=O) groups is 9. The molecule has 8 N–H and O–H groups in total. The van der Waals surface area contributed by atoms with Crippen LogP contribution in [0.15, 0.2) is 60.7 Å². The molecule has 0 saturated carbocycles. The molecule has 8 rings (SSSR count). The zero-order valence-corrected chi connectivity index (χ0v) is 45.8. The molecule has 420 valence electrons. The third-order valence-electron chi connectivity index (χ3n) is 15.5. The fourth-order valence-electron chi connectivity index (χ4n) is 11.1. The molecule has 19 nitrogen and oxygen atoms in total. The molecule has 0 aromatic heterocycles. The second-order valence-electron chi connectivity index (χ2n) is 21.1. The van der Waals surface area contributed by atoms with E-state index in [1.54, 1.807) is 36.6 Å². The van der Waals surface area contributed by atoms with Gasteiger partial charge in [-0.25, -0.2) is 4.79 Å². The zero-order chi connectivity index (χ0) is 57.6. The van der Waals surface area contributed by atoms with E-state index in [9.17, 15) is 58.5 Å². The van der Waals surface area contributed by atoms with E-state index in [1.165, 1.54) is 53.9 Å². The van der Waals surface area contributed by atoms with Gasteiger partial charge in [0.05, 0.1) is 34.2 Å². The molecule has 2 saturated heterocycles. The summed E-state index contributed by atoms with van der Waals surface area (Å²) >= 11 is 1.36. The van der Waals surface area contributed by atoms with Crippen LogP contribution in [0.25, 0.3) is 0 Å². The SMILES string of the molecule is CSC1CC(=O)N(CCCCCC(=O)C[C@H](C(=O)N[C@@H](CCCNC(N)=O)C(=O)Cc2ccc(COC(=O)CCc3ccc4c(c3)C(=O)c3c(O)cc5c(c3C4=O)N[C@H]3C#C/C=C\C#C[C@@H](O)[C@@]54O[C@@]34[C@@H](C)O)cc2)C(C)C)C1=O. The zero-order valence-electron chi connectivity index (χ0n) is 45.0. The first kappa shape index (κ1) is 58.5. The number of anilines is 1. The quantitative estimate of drug-likeness (QED) is 0.0122. The molecular weight excluding hydrogens is 1050 g/mol. The maximum absolute atomic E-state index is 14.4. The number of hydrogen-bond acceptors (Lipinski definition) is 16. The van der Waals surface area contributed by atoms with E-state index < -0.39 is 76.6 Å². The summed E-state index contributed by atoms with van der Waals surface area (Å²) in [5, 5.41) is 42.2. The first-order chi connectivity index (χ1) is 38.2. The van der Waals surface area contributed by atoms with Crippen molar-refractivity contribution >= 4 is 70.3 Å². The fraction of sp³-hybridized carbons (Fsp3) is 0.450. The molecule has 3 heterocycles. The standard InChI is InChI=1S/C60H65N5O14S/c1-33(2)40(29-38(67)13-8-7-11-26-65-49(71)31-46(80-4)57(65)76)56(75)63-43(14-12-25-62-58(61)77)44(68)28-36-17-19-37(20-18-36)32-78-50(72)24-22-35-21-23-39-41(27-35)55(74)51-45(69)30-42-53(52(51)54(39)73)64-47-15-9-5-6-10-16-48(70)60(42)59(47,79-60)34(3)66/h5-6,17-21,23,27,30,33-34,40,43,46-48,64,66,69-70H,7-8,11-14,22,24-26,28-29,31-32H2,1-4H3,(H,63,75)(H3,61,62,77)/b6-5-/t34-,40+,43+,46?,47+,48-,59+,60+/m1/s1. The normalized spacial score (nSPS) is 22.5. The van der Waals surface area contributed by atoms with Crippen molar-refractivity contribution in [1.29, 1.82) is 0 Å². The molecule has 20 heteroatoms. The van der Waals surface area contributed by atoms with Crippen molar-refractivity contribution in [3.63, 3.8) is 0 Å². The first-order valence-electron chi connectivity index (χ1n) is 26.8. The number of aliphatic hydroxyl groups is 2. The van der Waals surface area contributed by atoms with Crippen molar-refractivity contribution < 1.29 is 67.9 Å². The Morgan fingerprint density at radius 2 is 1.60 bits per heavy atom. The number of amides is 5. The van der Waals surface area contributed by atoms with E-state index in [0.717, 1.165) is 0 Å². The predicted molar refractivity (Wildman–Crippen MR) is 294 cm³/mol. The molecule has 2 fully saturated rings. The maximum Gasteiger partial charge on any atom is 0.312 e. The fourth-order valence-corrected chi connectivity index (χ4v) is 11.8. The van der Waals surface area contributed by atoms with Crippen LogP contribution in [0.3, 0.4) is 0 Å². The molecule has 8 atom stereocenters. The van der Waals surface area contributed by atoms with E-state index in [2.05, 4.69) is 39.6 Å². The number of carbonyl (C=O) groups excluding carboxylic acids is 9. The van der Waals surface area contributed by atoms with Crippen LogP contribution in [0.1, 0.15) is 133 Å². The molecule has 1 unspecified atom stereocenters. The lowest BCUT2D eigenvalue weighted by molar-refractivity contribution is -0.145. The van der Waals surface area contributed by atoms with Crippen LogP contribution in [0.2, 0.25) is 0 Å². The number of rotatable bonds is 25. The van der Waals surface area contributed by atoms with Crippen molar-refractivity contribution in [2.75, 3.05) is 24.7 Å². The molecule has 3 aliphatic heterocycles. The minimum Gasteiger partial charge on any atom is -0.507 e. The lowest BCUT2D eigenvalue weighted by Gasteiger charge is -2.37. The summed E-state index contributed by atoms with van der Waals surface area (Å²) in [6.07, 6.45) is 4.69. The van der Waals surface area contributed by atoms with Crippen molar-refractivity contribution in [2.24, 2.45) is 17.6 Å². The molecule has 2 bridgehead atoms. The molecule has 3 aromatic rings. The number of fused-ring (bicyclic) bond motifs is 4. The second kappa shape index (κ2) is 24.8. The average Bonchev–Trinajstić information content (AvgIpc) is 4.13. The Hall–Kier alpha value is -7.62. The van der Waals surface area contributed by atoms with E-state index in [0.29, 0.717) is 48.9 Å². The van der Waals surface area contributed by atoms with Gasteiger partial charge in [0.1, 0.15) is 24.2 Å². The Kier molecular flexibility index (Phi) is 18.1. The van der Waals surface area contributed by atoms with Gasteiger partial charge in [0, 0.05) is 67.8 Å². The van der Waals surface area contributed by atoms with Crippen molar-refractivity contribution in [1.82, 2.24) is 15.5 Å². The number of ether oxygens (including phenoxy) is 2. The van der Waals surface area contributed by atoms with Crippen LogP contribution in [-0.2, 0) is 63.3 Å². The minimum absolute atomic E-state index is 0.0226. The largest absolute Gasteiger partial charge is 0.507 e. The lowest BCUT2D eigenvalue weighted by atomic mass is 9.69. The number of esters is 1. The van der Waals surface area contributed by atoms with Crippen LogP contribution in [0, 0.1) is 35.5 Å². The number of allylic oxidation sites excluding steroid dienone is 2. The summed E-state index contributed by atoms with van der Waals surface area (Å²) in [7, 11) is 0. The van der Waals surface area contributed by atoms with Gasteiger partial charge in [0.2, 0.25) is 17.7 Å². The number of aryl methyl sites for hydroxylation is 1. The predicted octanol–water partition coefficient (Wildman–Crippen LogP) is 4.25. The van der Waals surface area contributed by atoms with Crippen molar-refractivity contribution in [3.8, 4) is 29.4 Å². The second-order valence-corrected chi connectivity index (χ2v) is 22.2. The van der Waals surface area contributed by atoms with Gasteiger partial charge in [-0.15, -0.1) is 0 Å². The third-order valence-corrected chi connectivity index (χ3v) is 16.5. The number of ketones is 4. The number of likely N-dealkylation sites (tertiary alicyclic amines) is 1. The van der Waals surface area contributed by atoms with Gasteiger partial charge in [0.15, 0.2) is 34.7 Å². The topological polar surface area (TPSA) is 301 Å². The van der Waals surface area contributed by atoms with Gasteiger partial charge in [-0.05, 0) is 92.2 Å². The number of benzene rings is 3. The smallest absolute Gasteiger partial charge is 0.312 e. The van der Waals surface area contributed by atoms with E-state index in [4.69, 9.17) is 15.2 Å². The lowest BCUT2D eigenvalue weighted by Crippen LogP contribution is -2.54. The van der Waals surface area contributed by atoms with Gasteiger partial charge in [-0.2, -0.15) is 11.8 Å². The Labute approximate surface area is 467 Å². The number of nitrogens with two attached hydrogens (primary N) is 1. The number of Topliss-reactive ketones (excluding diaryl/α,β-unsaturated/α-hetero) is 2. The number of thioether (sulfide) groups is 1. The number of nitrogens with one attached hydrogen (secondary N) is 3. The van der Waals surface area contributed by atoms with E-state index in [-0.39, 0.29) is 126 Å². The Balaban J connectivity index is 0.839. The Morgan fingerprint density at radius 1 is 0.900 bits per heavy atom. The van der Waals surface area contributed by atoms with Crippen molar-refractivity contribution in [2.45, 2.75) is 139 Å². The molecule has 0 radical (unpaired) electrons. The molecule has 5 amide bonds. The number of unbranched alkanes of at least 4 members (excludes halogenated alkanes) is 2. The van der Waals surface area contributed by atoms with Gasteiger partial charge in [0.25, 0.3) is 0 Å².